The molecule has 0 aliphatic heterocycles. The van der Waals surface area contributed by atoms with E-state index in [2.05, 4.69) is 22.4 Å². The lowest BCUT2D eigenvalue weighted by Gasteiger charge is -2.18. The SMILES string of the molecule is O=C(NC(c1ccccc1)C1CC1)c1cc(Cl)ccn1. The van der Waals surface area contributed by atoms with Crippen molar-refractivity contribution in [3.8, 4) is 0 Å². The van der Waals surface area contributed by atoms with Crippen molar-refractivity contribution in [2.75, 3.05) is 0 Å². The summed E-state index contributed by atoms with van der Waals surface area (Å²) in [7, 11) is 0. The molecule has 3 rings (SSSR count). The molecule has 0 spiro atoms. The van der Waals surface area contributed by atoms with E-state index in [4.69, 9.17) is 11.6 Å². The number of rotatable bonds is 4. The molecule has 2 aromatic rings. The third-order valence-corrected chi connectivity index (χ3v) is 3.73. The molecule has 1 N–H and O–H groups in total. The molecule has 20 heavy (non-hydrogen) atoms. The van der Waals surface area contributed by atoms with E-state index in [0.29, 0.717) is 16.6 Å². The fraction of sp³-hybridized carbons (Fsp3) is 0.250. The monoisotopic (exact) mass is 286 g/mol. The number of nitrogens with zero attached hydrogens (tertiary/aromatic N) is 1. The van der Waals surface area contributed by atoms with Gasteiger partial charge in [0.25, 0.3) is 5.91 Å². The van der Waals surface area contributed by atoms with Crippen LogP contribution in [0.25, 0.3) is 0 Å². The van der Waals surface area contributed by atoms with Crippen LogP contribution in [0, 0.1) is 5.92 Å². The van der Waals surface area contributed by atoms with Crippen LogP contribution in [0.3, 0.4) is 0 Å². The zero-order chi connectivity index (χ0) is 13.9. The first-order chi connectivity index (χ1) is 9.74. The summed E-state index contributed by atoms with van der Waals surface area (Å²) in [5, 5.41) is 3.60. The predicted octanol–water partition coefficient (Wildman–Crippen LogP) is 3.62. The van der Waals surface area contributed by atoms with Crippen molar-refractivity contribution < 1.29 is 4.79 Å². The third kappa shape index (κ3) is 2.99. The molecule has 1 unspecified atom stereocenters. The average Bonchev–Trinajstić information content (AvgIpc) is 3.30. The zero-order valence-corrected chi connectivity index (χ0v) is 11.7. The lowest BCUT2D eigenvalue weighted by atomic mass is 10.0. The highest BCUT2D eigenvalue weighted by Crippen LogP contribution is 2.41. The second kappa shape index (κ2) is 5.63. The third-order valence-electron chi connectivity index (χ3n) is 3.49. The van der Waals surface area contributed by atoms with Gasteiger partial charge in [-0.3, -0.25) is 9.78 Å². The van der Waals surface area contributed by atoms with Gasteiger partial charge in [0, 0.05) is 11.2 Å². The summed E-state index contributed by atoms with van der Waals surface area (Å²) < 4.78 is 0. The van der Waals surface area contributed by atoms with Gasteiger partial charge in [0.05, 0.1) is 6.04 Å². The molecule has 1 aliphatic carbocycles. The molecule has 3 nitrogen and oxygen atoms in total. The Bertz CT molecular complexity index is 611. The number of halogens is 1. The van der Waals surface area contributed by atoms with Crippen molar-refractivity contribution in [3.05, 3.63) is 64.9 Å². The maximum absolute atomic E-state index is 12.3. The van der Waals surface area contributed by atoms with E-state index in [9.17, 15) is 4.79 Å². The molecule has 1 aromatic heterocycles. The normalized spacial score (nSPS) is 15.7. The van der Waals surface area contributed by atoms with Crippen LogP contribution in [0.15, 0.2) is 48.7 Å². The average molecular weight is 287 g/mol. The number of hydrogen-bond donors (Lipinski definition) is 1. The van der Waals surface area contributed by atoms with Gasteiger partial charge in [-0.1, -0.05) is 41.9 Å². The van der Waals surface area contributed by atoms with Gasteiger partial charge >= 0.3 is 0 Å². The number of nitrogens with one attached hydrogen (secondary N) is 1. The number of amides is 1. The molecule has 102 valence electrons. The molecule has 1 atom stereocenters. The second-order valence-corrected chi connectivity index (χ2v) is 5.49. The first-order valence-electron chi connectivity index (χ1n) is 6.71. The summed E-state index contributed by atoms with van der Waals surface area (Å²) in [6, 6.07) is 13.4. The van der Waals surface area contributed by atoms with E-state index >= 15 is 0 Å². The van der Waals surface area contributed by atoms with E-state index in [-0.39, 0.29) is 11.9 Å². The van der Waals surface area contributed by atoms with Crippen LogP contribution in [0.2, 0.25) is 5.02 Å². The molecule has 1 aromatic carbocycles. The Labute approximate surface area is 123 Å². The minimum Gasteiger partial charge on any atom is -0.344 e. The molecule has 4 heteroatoms. The highest BCUT2D eigenvalue weighted by atomic mass is 35.5. The zero-order valence-electron chi connectivity index (χ0n) is 10.9. The van der Waals surface area contributed by atoms with E-state index in [1.165, 1.54) is 0 Å². The smallest absolute Gasteiger partial charge is 0.270 e. The van der Waals surface area contributed by atoms with E-state index in [0.717, 1.165) is 18.4 Å². The van der Waals surface area contributed by atoms with Gasteiger partial charge in [0.2, 0.25) is 0 Å². The molecule has 1 aliphatic rings. The Kier molecular flexibility index (Phi) is 3.70. The Hall–Kier alpha value is -1.87. The molecule has 1 saturated carbocycles. The van der Waals surface area contributed by atoms with Crippen molar-refractivity contribution in [2.45, 2.75) is 18.9 Å². The molecule has 1 amide bonds. The Balaban J connectivity index is 1.79. The summed E-state index contributed by atoms with van der Waals surface area (Å²) in [6.07, 6.45) is 3.86. The summed E-state index contributed by atoms with van der Waals surface area (Å²) in [5.74, 6) is 0.355. The summed E-state index contributed by atoms with van der Waals surface area (Å²) in [5.41, 5.74) is 1.50. The van der Waals surface area contributed by atoms with Crippen molar-refractivity contribution >= 4 is 17.5 Å². The van der Waals surface area contributed by atoms with Crippen LogP contribution in [-0.2, 0) is 0 Å². The van der Waals surface area contributed by atoms with Gasteiger partial charge in [0.1, 0.15) is 5.69 Å². The lowest BCUT2D eigenvalue weighted by Crippen LogP contribution is -2.30. The molecule has 0 radical (unpaired) electrons. The number of hydrogen-bond acceptors (Lipinski definition) is 2. The Morgan fingerprint density at radius 1 is 1.25 bits per heavy atom. The number of carbonyl (C=O) groups is 1. The first-order valence-corrected chi connectivity index (χ1v) is 7.09. The highest BCUT2D eigenvalue weighted by molar-refractivity contribution is 6.30. The quantitative estimate of drug-likeness (QED) is 0.933. The maximum atomic E-state index is 12.3. The largest absolute Gasteiger partial charge is 0.344 e. The molecular weight excluding hydrogens is 272 g/mol. The molecule has 0 bridgehead atoms. The Morgan fingerprint density at radius 3 is 2.65 bits per heavy atom. The summed E-state index contributed by atoms with van der Waals surface area (Å²) in [6.45, 7) is 0. The fourth-order valence-electron chi connectivity index (χ4n) is 2.31. The maximum Gasteiger partial charge on any atom is 0.270 e. The summed E-state index contributed by atoms with van der Waals surface area (Å²) in [4.78, 5) is 16.4. The van der Waals surface area contributed by atoms with Gasteiger partial charge in [-0.2, -0.15) is 0 Å². The van der Waals surface area contributed by atoms with Gasteiger partial charge in [-0.15, -0.1) is 0 Å². The lowest BCUT2D eigenvalue weighted by molar-refractivity contribution is 0.0926. The summed E-state index contributed by atoms with van der Waals surface area (Å²) >= 11 is 5.90. The highest BCUT2D eigenvalue weighted by Gasteiger charge is 2.33. The molecular formula is C16H15ClN2O. The van der Waals surface area contributed by atoms with Gasteiger partial charge in [-0.25, -0.2) is 0 Å². The molecule has 0 saturated heterocycles. The van der Waals surface area contributed by atoms with Crippen molar-refractivity contribution in [2.24, 2.45) is 5.92 Å². The van der Waals surface area contributed by atoms with Crippen molar-refractivity contribution in [1.29, 1.82) is 0 Å². The predicted molar refractivity (Wildman–Crippen MR) is 78.6 cm³/mol. The standard InChI is InChI=1S/C16H15ClN2O/c17-13-8-9-18-14(10-13)16(20)19-15(12-6-7-12)11-4-2-1-3-5-11/h1-5,8-10,12,15H,6-7H2,(H,19,20). The first kappa shape index (κ1) is 13.1. The van der Waals surface area contributed by atoms with Crippen LogP contribution in [0.1, 0.15) is 34.9 Å². The van der Waals surface area contributed by atoms with Gasteiger partial charge in [-0.05, 0) is 36.5 Å². The number of carbonyl (C=O) groups excluding carboxylic acids is 1. The van der Waals surface area contributed by atoms with Gasteiger partial charge < -0.3 is 5.32 Å². The number of benzene rings is 1. The minimum atomic E-state index is -0.173. The number of pyridine rings is 1. The second-order valence-electron chi connectivity index (χ2n) is 5.06. The van der Waals surface area contributed by atoms with Crippen LogP contribution in [-0.4, -0.2) is 10.9 Å². The molecule has 1 fully saturated rings. The minimum absolute atomic E-state index is 0.0597. The van der Waals surface area contributed by atoms with Crippen LogP contribution >= 0.6 is 11.6 Å². The topological polar surface area (TPSA) is 42.0 Å². The van der Waals surface area contributed by atoms with Crippen molar-refractivity contribution in [3.63, 3.8) is 0 Å². The number of aromatic nitrogens is 1. The van der Waals surface area contributed by atoms with Gasteiger partial charge in [0.15, 0.2) is 0 Å². The van der Waals surface area contributed by atoms with E-state index in [1.54, 1.807) is 18.3 Å². The molecule has 1 heterocycles. The van der Waals surface area contributed by atoms with Crippen molar-refractivity contribution in [1.82, 2.24) is 10.3 Å². The van der Waals surface area contributed by atoms with E-state index in [1.807, 2.05) is 18.2 Å². The fourth-order valence-corrected chi connectivity index (χ4v) is 2.47. The van der Waals surface area contributed by atoms with Crippen LogP contribution < -0.4 is 5.32 Å². The Morgan fingerprint density at radius 2 is 2.00 bits per heavy atom. The van der Waals surface area contributed by atoms with Crippen LogP contribution in [0.4, 0.5) is 0 Å². The van der Waals surface area contributed by atoms with Crippen LogP contribution in [0.5, 0.6) is 0 Å². The van der Waals surface area contributed by atoms with E-state index < -0.39 is 0 Å².